The first-order valence-corrected chi connectivity index (χ1v) is 8.39. The van der Waals surface area contributed by atoms with E-state index in [1.54, 1.807) is 29.6 Å². The Morgan fingerprint density at radius 2 is 1.96 bits per heavy atom. The maximum Gasteiger partial charge on any atom is 0.341 e. The summed E-state index contributed by atoms with van der Waals surface area (Å²) in [6.45, 7) is 0. The zero-order chi connectivity index (χ0) is 17.8. The van der Waals surface area contributed by atoms with Crippen molar-refractivity contribution in [2.75, 3.05) is 12.4 Å². The molecule has 1 amide bonds. The second-order valence-corrected chi connectivity index (χ2v) is 6.21. The molecule has 2 heterocycles. The SMILES string of the molecule is COC(=O)c1c(-c2ccc(Cl)cc2)csc1NC(=O)c1cnccn1. The van der Waals surface area contributed by atoms with E-state index < -0.39 is 11.9 Å². The number of benzene rings is 1. The number of ether oxygens (including phenoxy) is 1. The molecule has 0 saturated heterocycles. The van der Waals surface area contributed by atoms with E-state index in [-0.39, 0.29) is 11.3 Å². The Balaban J connectivity index is 1.98. The lowest BCUT2D eigenvalue weighted by molar-refractivity contribution is 0.0603. The number of carbonyl (C=O) groups excluding carboxylic acids is 2. The van der Waals surface area contributed by atoms with Gasteiger partial charge in [0.2, 0.25) is 0 Å². The van der Waals surface area contributed by atoms with Gasteiger partial charge in [-0.2, -0.15) is 0 Å². The molecule has 0 unspecified atom stereocenters. The van der Waals surface area contributed by atoms with Crippen LogP contribution in [0.15, 0.2) is 48.2 Å². The molecule has 0 radical (unpaired) electrons. The Kier molecular flexibility index (Phi) is 5.06. The van der Waals surface area contributed by atoms with Crippen molar-refractivity contribution in [3.8, 4) is 11.1 Å². The molecule has 126 valence electrons. The summed E-state index contributed by atoms with van der Waals surface area (Å²) < 4.78 is 4.87. The van der Waals surface area contributed by atoms with Crippen molar-refractivity contribution in [1.82, 2.24) is 9.97 Å². The Morgan fingerprint density at radius 3 is 2.60 bits per heavy atom. The van der Waals surface area contributed by atoms with Gasteiger partial charge < -0.3 is 10.1 Å². The van der Waals surface area contributed by atoms with Crippen LogP contribution in [-0.4, -0.2) is 29.0 Å². The molecule has 0 fully saturated rings. The number of hydrogen-bond donors (Lipinski definition) is 1. The van der Waals surface area contributed by atoms with E-state index in [9.17, 15) is 9.59 Å². The summed E-state index contributed by atoms with van der Waals surface area (Å²) in [6, 6.07) is 7.05. The lowest BCUT2D eigenvalue weighted by Crippen LogP contribution is -2.15. The van der Waals surface area contributed by atoms with Crippen molar-refractivity contribution in [3.63, 3.8) is 0 Å². The van der Waals surface area contributed by atoms with Crippen LogP contribution >= 0.6 is 22.9 Å². The van der Waals surface area contributed by atoms with Gasteiger partial charge in [0.25, 0.3) is 5.91 Å². The largest absolute Gasteiger partial charge is 0.465 e. The summed E-state index contributed by atoms with van der Waals surface area (Å²) in [5, 5.41) is 5.45. The van der Waals surface area contributed by atoms with Gasteiger partial charge in [-0.3, -0.25) is 9.78 Å². The van der Waals surface area contributed by atoms with E-state index in [2.05, 4.69) is 15.3 Å². The fraction of sp³-hybridized carbons (Fsp3) is 0.0588. The zero-order valence-electron chi connectivity index (χ0n) is 13.0. The third kappa shape index (κ3) is 3.67. The lowest BCUT2D eigenvalue weighted by atomic mass is 10.0. The van der Waals surface area contributed by atoms with Gasteiger partial charge in [0, 0.05) is 28.4 Å². The van der Waals surface area contributed by atoms with Gasteiger partial charge in [0.15, 0.2) is 0 Å². The highest BCUT2D eigenvalue weighted by atomic mass is 35.5. The molecule has 0 aliphatic carbocycles. The molecule has 0 aliphatic heterocycles. The molecule has 25 heavy (non-hydrogen) atoms. The summed E-state index contributed by atoms with van der Waals surface area (Å²) in [7, 11) is 1.29. The second-order valence-electron chi connectivity index (χ2n) is 4.90. The van der Waals surface area contributed by atoms with Crippen molar-refractivity contribution in [3.05, 3.63) is 64.5 Å². The highest BCUT2D eigenvalue weighted by molar-refractivity contribution is 7.15. The Morgan fingerprint density at radius 1 is 1.20 bits per heavy atom. The molecule has 0 atom stereocenters. The van der Waals surface area contributed by atoms with Crippen molar-refractivity contribution in [2.45, 2.75) is 0 Å². The number of amides is 1. The van der Waals surface area contributed by atoms with Crippen molar-refractivity contribution in [2.24, 2.45) is 0 Å². The predicted molar refractivity (Wildman–Crippen MR) is 96.1 cm³/mol. The molecule has 0 spiro atoms. The summed E-state index contributed by atoms with van der Waals surface area (Å²) in [4.78, 5) is 32.3. The molecule has 1 aromatic carbocycles. The van der Waals surface area contributed by atoms with Crippen LogP contribution in [0.5, 0.6) is 0 Å². The zero-order valence-corrected chi connectivity index (χ0v) is 14.6. The molecule has 8 heteroatoms. The van der Waals surface area contributed by atoms with E-state index in [0.29, 0.717) is 15.6 Å². The highest BCUT2D eigenvalue weighted by Gasteiger charge is 2.23. The summed E-state index contributed by atoms with van der Waals surface area (Å²) >= 11 is 7.14. The summed E-state index contributed by atoms with van der Waals surface area (Å²) in [5.41, 5.74) is 1.89. The number of nitrogens with one attached hydrogen (secondary N) is 1. The number of aromatic nitrogens is 2. The van der Waals surface area contributed by atoms with Gasteiger partial charge in [0.05, 0.1) is 13.3 Å². The highest BCUT2D eigenvalue weighted by Crippen LogP contribution is 2.36. The van der Waals surface area contributed by atoms with Crippen LogP contribution in [0.1, 0.15) is 20.8 Å². The smallest absolute Gasteiger partial charge is 0.341 e. The number of esters is 1. The Hall–Kier alpha value is -2.77. The summed E-state index contributed by atoms with van der Waals surface area (Å²) in [5.74, 6) is -0.997. The van der Waals surface area contributed by atoms with E-state index in [1.165, 1.54) is 37.0 Å². The number of halogens is 1. The third-order valence-corrected chi connectivity index (χ3v) is 4.51. The van der Waals surface area contributed by atoms with Gasteiger partial charge in [-0.1, -0.05) is 23.7 Å². The molecular formula is C17H12ClN3O3S. The molecule has 6 nitrogen and oxygen atoms in total. The fourth-order valence-corrected chi connectivity index (χ4v) is 3.26. The maximum atomic E-state index is 12.3. The quantitative estimate of drug-likeness (QED) is 0.701. The minimum absolute atomic E-state index is 0.153. The predicted octanol–water partition coefficient (Wildman–Crippen LogP) is 3.90. The molecule has 3 aromatic rings. The van der Waals surface area contributed by atoms with Crippen molar-refractivity contribution in [1.29, 1.82) is 0 Å². The number of methoxy groups -OCH3 is 1. The molecule has 1 N–H and O–H groups in total. The number of nitrogens with zero attached hydrogens (tertiary/aromatic N) is 2. The van der Waals surface area contributed by atoms with Crippen LogP contribution in [0, 0.1) is 0 Å². The van der Waals surface area contributed by atoms with Crippen LogP contribution in [0.2, 0.25) is 5.02 Å². The van der Waals surface area contributed by atoms with Gasteiger partial charge in [-0.25, -0.2) is 9.78 Å². The monoisotopic (exact) mass is 373 g/mol. The molecule has 2 aromatic heterocycles. The summed E-state index contributed by atoms with van der Waals surface area (Å²) in [6.07, 6.45) is 4.24. The molecule has 0 saturated carbocycles. The molecular weight excluding hydrogens is 362 g/mol. The van der Waals surface area contributed by atoms with Crippen molar-refractivity contribution < 1.29 is 14.3 Å². The van der Waals surface area contributed by atoms with Crippen LogP contribution in [0.3, 0.4) is 0 Å². The van der Waals surface area contributed by atoms with Crippen LogP contribution in [0.25, 0.3) is 11.1 Å². The van der Waals surface area contributed by atoms with Gasteiger partial charge in [-0.15, -0.1) is 11.3 Å². The van der Waals surface area contributed by atoms with Crippen LogP contribution in [0.4, 0.5) is 5.00 Å². The van der Waals surface area contributed by atoms with Crippen LogP contribution in [-0.2, 0) is 4.74 Å². The normalized spacial score (nSPS) is 10.3. The fourth-order valence-electron chi connectivity index (χ4n) is 2.18. The first-order valence-electron chi connectivity index (χ1n) is 7.13. The van der Waals surface area contributed by atoms with E-state index in [1.807, 2.05) is 0 Å². The lowest BCUT2D eigenvalue weighted by Gasteiger charge is -2.07. The molecule has 3 rings (SSSR count). The number of rotatable bonds is 4. The first kappa shape index (κ1) is 17.1. The standard InChI is InChI=1S/C17H12ClN3O3S/c1-24-17(23)14-12(10-2-4-11(18)5-3-10)9-25-16(14)21-15(22)13-8-19-6-7-20-13/h2-9H,1H3,(H,21,22). The molecule has 0 aliphatic rings. The number of hydrogen-bond acceptors (Lipinski definition) is 6. The average Bonchev–Trinajstić information content (AvgIpc) is 3.06. The number of thiophene rings is 1. The molecule has 0 bridgehead atoms. The maximum absolute atomic E-state index is 12.3. The minimum atomic E-state index is -0.541. The van der Waals surface area contributed by atoms with Crippen molar-refractivity contribution >= 4 is 39.8 Å². The Bertz CT molecular complexity index is 911. The topological polar surface area (TPSA) is 81.2 Å². The third-order valence-electron chi connectivity index (χ3n) is 3.36. The number of carbonyl (C=O) groups is 2. The van der Waals surface area contributed by atoms with E-state index >= 15 is 0 Å². The van der Waals surface area contributed by atoms with Gasteiger partial charge in [0.1, 0.15) is 16.3 Å². The first-order chi connectivity index (χ1) is 12.1. The number of anilines is 1. The van der Waals surface area contributed by atoms with Crippen LogP contribution < -0.4 is 5.32 Å². The Labute approximate surface area is 152 Å². The van der Waals surface area contributed by atoms with E-state index in [0.717, 1.165) is 5.56 Å². The van der Waals surface area contributed by atoms with Gasteiger partial charge in [-0.05, 0) is 17.7 Å². The van der Waals surface area contributed by atoms with Gasteiger partial charge >= 0.3 is 5.97 Å². The average molecular weight is 374 g/mol. The minimum Gasteiger partial charge on any atom is -0.465 e. The van der Waals surface area contributed by atoms with E-state index in [4.69, 9.17) is 16.3 Å². The second kappa shape index (κ2) is 7.42.